The molecule has 0 saturated carbocycles. The third-order valence-electron chi connectivity index (χ3n) is 7.63. The average Bonchev–Trinajstić information content (AvgIpc) is 3.55. The third-order valence-corrected chi connectivity index (χ3v) is 8.84. The molecule has 228 valence electrons. The zero-order chi connectivity index (χ0) is 31.9. The van der Waals surface area contributed by atoms with E-state index in [1.54, 1.807) is 25.1 Å². The van der Waals surface area contributed by atoms with Gasteiger partial charge in [-0.05, 0) is 75.1 Å². The predicted molar refractivity (Wildman–Crippen MR) is 157 cm³/mol. The van der Waals surface area contributed by atoms with Gasteiger partial charge in [-0.15, -0.1) is 16.4 Å². The van der Waals surface area contributed by atoms with Crippen molar-refractivity contribution in [1.29, 1.82) is 5.26 Å². The zero-order valence-electron chi connectivity index (χ0n) is 24.2. The lowest BCUT2D eigenvalue weighted by molar-refractivity contribution is -0.138. The van der Waals surface area contributed by atoms with Gasteiger partial charge >= 0.3 is 17.8 Å². The molecule has 3 heterocycles. The van der Waals surface area contributed by atoms with Gasteiger partial charge in [-0.3, -0.25) is 4.90 Å². The number of aryl methyl sites for hydroxylation is 3. The number of halogens is 3. The van der Waals surface area contributed by atoms with Crippen molar-refractivity contribution in [2.24, 2.45) is 5.73 Å². The molecular weight excluding hydrogens is 595 g/mol. The van der Waals surface area contributed by atoms with Crippen LogP contribution in [0.3, 0.4) is 0 Å². The van der Waals surface area contributed by atoms with Crippen molar-refractivity contribution in [2.45, 2.75) is 51.9 Å². The molecule has 44 heavy (non-hydrogen) atoms. The van der Waals surface area contributed by atoms with Crippen LogP contribution in [-0.4, -0.2) is 32.8 Å². The zero-order valence-corrected chi connectivity index (χ0v) is 25.0. The van der Waals surface area contributed by atoms with Crippen LogP contribution in [-0.2, 0) is 22.1 Å². The lowest BCUT2D eigenvalue weighted by atomic mass is 9.88. The predicted octanol–water partition coefficient (Wildman–Crippen LogP) is 5.36. The van der Waals surface area contributed by atoms with Crippen LogP contribution in [0.4, 0.5) is 24.8 Å². The number of esters is 1. The van der Waals surface area contributed by atoms with E-state index in [1.165, 1.54) is 40.0 Å². The van der Waals surface area contributed by atoms with Crippen LogP contribution in [0, 0.1) is 25.2 Å². The number of nitriles is 1. The molecule has 0 saturated heterocycles. The first-order valence-corrected chi connectivity index (χ1v) is 14.3. The van der Waals surface area contributed by atoms with E-state index >= 15 is 0 Å². The Hall–Kier alpha value is -4.74. The van der Waals surface area contributed by atoms with Crippen molar-refractivity contribution in [2.75, 3.05) is 12.0 Å². The lowest BCUT2D eigenvalue weighted by Gasteiger charge is -2.36. The summed E-state index contributed by atoms with van der Waals surface area (Å²) in [6.45, 7) is 5.42. The number of hydrogen-bond donors (Lipinski definition) is 2. The van der Waals surface area contributed by atoms with Gasteiger partial charge in [0, 0.05) is 16.3 Å². The maximum absolute atomic E-state index is 13.6. The molecule has 0 radical (unpaired) electrons. The molecular formula is C30H28F3N7O3S. The van der Waals surface area contributed by atoms with Crippen molar-refractivity contribution < 1.29 is 22.7 Å². The minimum absolute atomic E-state index is 0.0161. The van der Waals surface area contributed by atoms with Gasteiger partial charge in [-0.2, -0.15) is 18.4 Å². The molecule has 1 aliphatic heterocycles. The van der Waals surface area contributed by atoms with E-state index in [-0.39, 0.29) is 22.9 Å². The smallest absolute Gasteiger partial charge is 0.416 e. The number of fused-ring (bicyclic) bond motifs is 1. The summed E-state index contributed by atoms with van der Waals surface area (Å²) in [5.41, 5.74) is 7.58. The number of alkyl halides is 3. The van der Waals surface area contributed by atoms with E-state index in [4.69, 9.17) is 10.5 Å². The maximum Gasteiger partial charge on any atom is 0.416 e. The number of aromatic amines is 1. The first kappa shape index (κ1) is 30.7. The van der Waals surface area contributed by atoms with Gasteiger partial charge in [0.1, 0.15) is 11.0 Å². The Kier molecular flexibility index (Phi) is 8.19. The van der Waals surface area contributed by atoms with E-state index in [9.17, 15) is 28.0 Å². The number of nitrogens with two attached hydrogens (primary N) is 1. The van der Waals surface area contributed by atoms with Crippen molar-refractivity contribution in [3.8, 4) is 6.07 Å². The molecule has 14 heteroatoms. The third kappa shape index (κ3) is 5.51. The molecule has 1 unspecified atom stereocenters. The van der Waals surface area contributed by atoms with Crippen LogP contribution < -0.4 is 16.3 Å². The number of nitrogens with one attached hydrogen (secondary N) is 1. The summed E-state index contributed by atoms with van der Waals surface area (Å²) in [6, 6.07) is 10.0. The van der Waals surface area contributed by atoms with E-state index in [2.05, 4.69) is 21.3 Å². The number of carbonyl (C=O) groups excluding carboxylic acids is 1. The molecule has 3 N–H and O–H groups in total. The number of aromatic nitrogens is 4. The van der Waals surface area contributed by atoms with Crippen molar-refractivity contribution in [1.82, 2.24) is 19.7 Å². The molecule has 2 atom stereocenters. The Morgan fingerprint density at radius 3 is 2.61 bits per heavy atom. The molecule has 5 rings (SSSR count). The minimum Gasteiger partial charge on any atom is -0.466 e. The Bertz CT molecular complexity index is 1860. The second-order valence-electron chi connectivity index (χ2n) is 10.3. The summed E-state index contributed by atoms with van der Waals surface area (Å²) in [5.74, 6) is -0.811. The fourth-order valence-electron chi connectivity index (χ4n) is 5.33. The quantitative estimate of drug-likeness (QED) is 0.262. The summed E-state index contributed by atoms with van der Waals surface area (Å²) in [4.78, 5) is 33.7. The monoisotopic (exact) mass is 623 g/mol. The van der Waals surface area contributed by atoms with Crippen molar-refractivity contribution in [3.63, 3.8) is 0 Å². The summed E-state index contributed by atoms with van der Waals surface area (Å²) < 4.78 is 47.2. The van der Waals surface area contributed by atoms with Crippen LogP contribution >= 0.6 is 11.3 Å². The molecule has 0 amide bonds. The molecule has 2 aromatic heterocycles. The van der Waals surface area contributed by atoms with Gasteiger partial charge < -0.3 is 10.5 Å². The number of allylic oxidation sites excluding steroid dienone is 1. The van der Waals surface area contributed by atoms with Crippen LogP contribution in [0.15, 0.2) is 58.5 Å². The minimum atomic E-state index is -4.63. The first-order chi connectivity index (χ1) is 20.8. The summed E-state index contributed by atoms with van der Waals surface area (Å²) in [6.07, 6.45) is -3.82. The number of anilines is 2. The molecule has 0 fully saturated rings. The number of nitrogens with zero attached hydrogens (tertiary/aromatic N) is 5. The number of methoxy groups -OCH3 is 1. The second-order valence-corrected chi connectivity index (χ2v) is 11.6. The fraction of sp³-hybridized carbons (Fsp3) is 0.300. The molecule has 4 aromatic rings. The van der Waals surface area contributed by atoms with Crippen LogP contribution in [0.5, 0.6) is 0 Å². The lowest BCUT2D eigenvalue weighted by Crippen LogP contribution is -2.38. The highest BCUT2D eigenvalue weighted by atomic mass is 32.1. The number of carbonyl (C=O) groups is 1. The second kappa shape index (κ2) is 11.7. The highest BCUT2D eigenvalue weighted by Gasteiger charge is 2.41. The fourth-order valence-corrected chi connectivity index (χ4v) is 6.29. The SMILES string of the molecule is COC(=O)C1=C(C)N(c2cccc(C(F)(F)F)c2)c2n[nH]c(=O)n2[C@@H]1c1ccc(C#N)cc1CCC(N)c1nc(C)c(C)s1. The highest BCUT2D eigenvalue weighted by Crippen LogP contribution is 2.44. The van der Waals surface area contributed by atoms with Crippen LogP contribution in [0.25, 0.3) is 0 Å². The topological polar surface area (TPSA) is 143 Å². The van der Waals surface area contributed by atoms with Gasteiger partial charge in [0.15, 0.2) is 0 Å². The van der Waals surface area contributed by atoms with Gasteiger partial charge in [0.05, 0.1) is 41.6 Å². The largest absolute Gasteiger partial charge is 0.466 e. The number of H-pyrrole nitrogens is 1. The number of benzene rings is 2. The van der Waals surface area contributed by atoms with E-state index in [0.29, 0.717) is 29.5 Å². The summed E-state index contributed by atoms with van der Waals surface area (Å²) in [7, 11) is 1.18. The van der Waals surface area contributed by atoms with Gasteiger partial charge in [-0.25, -0.2) is 24.2 Å². The van der Waals surface area contributed by atoms with E-state index in [0.717, 1.165) is 27.7 Å². The normalized spacial score (nSPS) is 15.6. The Labute approximate surface area is 254 Å². The average molecular weight is 624 g/mol. The van der Waals surface area contributed by atoms with Crippen molar-refractivity contribution >= 4 is 28.9 Å². The van der Waals surface area contributed by atoms with Crippen LogP contribution in [0.1, 0.15) is 63.3 Å². The molecule has 0 spiro atoms. The van der Waals surface area contributed by atoms with Crippen molar-refractivity contribution in [3.05, 3.63) is 102 Å². The van der Waals surface area contributed by atoms with Gasteiger partial charge in [-0.1, -0.05) is 12.1 Å². The molecule has 2 aromatic carbocycles. The Morgan fingerprint density at radius 1 is 1.23 bits per heavy atom. The molecule has 1 aliphatic rings. The molecule has 10 nitrogen and oxygen atoms in total. The van der Waals surface area contributed by atoms with Gasteiger partial charge in [0.2, 0.25) is 5.95 Å². The van der Waals surface area contributed by atoms with Crippen LogP contribution in [0.2, 0.25) is 0 Å². The first-order valence-electron chi connectivity index (χ1n) is 13.5. The number of rotatable bonds is 7. The summed E-state index contributed by atoms with van der Waals surface area (Å²) in [5, 5.41) is 17.0. The number of ether oxygens (including phenoxy) is 1. The van der Waals surface area contributed by atoms with Gasteiger partial charge in [0.25, 0.3) is 0 Å². The highest BCUT2D eigenvalue weighted by molar-refractivity contribution is 7.11. The molecule has 0 bridgehead atoms. The number of hydrogen-bond acceptors (Lipinski definition) is 9. The van der Waals surface area contributed by atoms with E-state index < -0.39 is 35.5 Å². The maximum atomic E-state index is 13.6. The van der Waals surface area contributed by atoms with E-state index in [1.807, 2.05) is 13.8 Å². The Balaban J connectivity index is 1.67. The summed E-state index contributed by atoms with van der Waals surface area (Å²) >= 11 is 1.51. The molecule has 0 aliphatic carbocycles. The Morgan fingerprint density at radius 2 is 1.98 bits per heavy atom. The standard InChI is InChI=1S/C30H28F3N7O3S/c1-15-17(3)44-26(36-15)23(35)11-9-19-12-18(14-34)8-10-22(19)25-24(27(41)43-4)16(2)39(28-37-38-29(42)40(25)28)21-7-5-6-20(13-21)30(31,32)33/h5-8,10,12-13,23,25H,9,11,35H2,1-4H3,(H,38,42)/t23?,25-/m1/s1. The number of thiazole rings is 1.